The molecular weight excluding hydrogens is 266 g/mol. The molecule has 5 rings (SSSR count). The highest BCUT2D eigenvalue weighted by atomic mass is 16.5. The topological polar surface area (TPSA) is 62.6 Å². The number of aliphatic imine (C=N–C) groups is 1. The summed E-state index contributed by atoms with van der Waals surface area (Å²) in [7, 11) is 0. The highest BCUT2D eigenvalue weighted by Crippen LogP contribution is 2.40. The van der Waals surface area contributed by atoms with Gasteiger partial charge < -0.3 is 4.74 Å². The van der Waals surface area contributed by atoms with Crippen molar-refractivity contribution in [2.45, 2.75) is 32.3 Å². The summed E-state index contributed by atoms with van der Waals surface area (Å²) in [6.45, 7) is 8.15. The number of aromatic nitrogens is 2. The number of ether oxygens (including phenoxy) is 1. The SMILES string of the molecule is Cc1cnc(NC2=NCC3(CN4CCC3CC4)O2)nc1C. The lowest BCUT2D eigenvalue weighted by molar-refractivity contribution is -0.0829. The lowest BCUT2D eigenvalue weighted by Crippen LogP contribution is -2.61. The summed E-state index contributed by atoms with van der Waals surface area (Å²) in [6.07, 6.45) is 4.27. The molecule has 3 fully saturated rings. The molecule has 1 N–H and O–H groups in total. The van der Waals surface area contributed by atoms with Gasteiger partial charge in [-0.1, -0.05) is 0 Å². The van der Waals surface area contributed by atoms with Crippen LogP contribution in [0.25, 0.3) is 0 Å². The molecule has 1 aromatic heterocycles. The average molecular weight is 287 g/mol. The standard InChI is InChI=1S/C15H21N5O/c1-10-7-16-13(18-11(10)2)19-14-17-8-15(21-14)9-20-5-3-12(15)4-6-20/h7,12H,3-6,8-9H2,1-2H3,(H,16,17,18,19). The summed E-state index contributed by atoms with van der Waals surface area (Å²) in [4.78, 5) is 15.8. The van der Waals surface area contributed by atoms with Gasteiger partial charge in [-0.2, -0.15) is 0 Å². The Labute approximate surface area is 124 Å². The van der Waals surface area contributed by atoms with E-state index in [1.54, 1.807) is 0 Å². The molecule has 5 heterocycles. The van der Waals surface area contributed by atoms with Crippen LogP contribution >= 0.6 is 0 Å². The molecule has 1 atom stereocenters. The maximum atomic E-state index is 6.22. The van der Waals surface area contributed by atoms with E-state index in [1.165, 1.54) is 25.9 Å². The van der Waals surface area contributed by atoms with Crippen LogP contribution in [0, 0.1) is 19.8 Å². The Hall–Kier alpha value is -1.69. The normalized spacial score (nSPS) is 33.9. The predicted octanol–water partition coefficient (Wildman–Crippen LogP) is 1.36. The van der Waals surface area contributed by atoms with Gasteiger partial charge in [-0.05, 0) is 45.3 Å². The maximum absolute atomic E-state index is 6.22. The number of amidine groups is 1. The van der Waals surface area contributed by atoms with Gasteiger partial charge in [0.2, 0.25) is 5.95 Å². The Morgan fingerprint density at radius 3 is 2.81 bits per heavy atom. The molecule has 1 unspecified atom stereocenters. The van der Waals surface area contributed by atoms with Crippen molar-refractivity contribution in [2.24, 2.45) is 10.9 Å². The Bertz CT molecular complexity index is 594. The Balaban J connectivity index is 1.47. The van der Waals surface area contributed by atoms with Crippen LogP contribution in [0.3, 0.4) is 0 Å². The zero-order chi connectivity index (χ0) is 14.4. The lowest BCUT2D eigenvalue weighted by atomic mass is 9.75. The fourth-order valence-corrected chi connectivity index (χ4v) is 3.63. The second-order valence-electron chi connectivity index (χ2n) is 6.43. The number of hydrogen-bond donors (Lipinski definition) is 1. The van der Waals surface area contributed by atoms with Crippen molar-refractivity contribution in [3.8, 4) is 0 Å². The van der Waals surface area contributed by atoms with Crippen molar-refractivity contribution in [1.29, 1.82) is 0 Å². The van der Waals surface area contributed by atoms with E-state index in [0.717, 1.165) is 24.3 Å². The molecule has 0 saturated carbocycles. The Morgan fingerprint density at radius 1 is 1.33 bits per heavy atom. The largest absolute Gasteiger partial charge is 0.455 e. The van der Waals surface area contributed by atoms with E-state index in [-0.39, 0.29) is 5.60 Å². The number of anilines is 1. The van der Waals surface area contributed by atoms with Gasteiger partial charge in [0.15, 0.2) is 0 Å². The van der Waals surface area contributed by atoms with Gasteiger partial charge >= 0.3 is 0 Å². The number of piperidine rings is 3. The van der Waals surface area contributed by atoms with Gasteiger partial charge in [-0.25, -0.2) is 15.0 Å². The van der Waals surface area contributed by atoms with Gasteiger partial charge in [-0.15, -0.1) is 0 Å². The van der Waals surface area contributed by atoms with E-state index in [4.69, 9.17) is 4.74 Å². The minimum absolute atomic E-state index is 0.113. The molecule has 0 amide bonds. The Morgan fingerprint density at radius 2 is 2.14 bits per heavy atom. The molecule has 4 aliphatic rings. The van der Waals surface area contributed by atoms with Crippen LogP contribution in [0.4, 0.5) is 5.95 Å². The molecule has 112 valence electrons. The molecule has 6 nitrogen and oxygen atoms in total. The molecular formula is C15H21N5O. The molecule has 21 heavy (non-hydrogen) atoms. The molecule has 0 aliphatic carbocycles. The smallest absolute Gasteiger partial charge is 0.292 e. The van der Waals surface area contributed by atoms with Crippen LogP contribution in [-0.2, 0) is 4.74 Å². The minimum Gasteiger partial charge on any atom is -0.455 e. The van der Waals surface area contributed by atoms with Crippen molar-refractivity contribution in [2.75, 3.05) is 31.5 Å². The summed E-state index contributed by atoms with van der Waals surface area (Å²) >= 11 is 0. The fraction of sp³-hybridized carbons (Fsp3) is 0.667. The highest BCUT2D eigenvalue weighted by molar-refractivity contribution is 5.88. The van der Waals surface area contributed by atoms with Crippen LogP contribution in [-0.4, -0.2) is 52.7 Å². The lowest BCUT2D eigenvalue weighted by Gasteiger charge is -2.50. The van der Waals surface area contributed by atoms with Crippen molar-refractivity contribution < 1.29 is 4.74 Å². The van der Waals surface area contributed by atoms with Crippen molar-refractivity contribution in [1.82, 2.24) is 14.9 Å². The van der Waals surface area contributed by atoms with E-state index >= 15 is 0 Å². The summed E-state index contributed by atoms with van der Waals surface area (Å²) < 4.78 is 6.22. The molecule has 1 spiro atoms. The average Bonchev–Trinajstić information content (AvgIpc) is 2.87. The van der Waals surface area contributed by atoms with E-state index < -0.39 is 0 Å². The zero-order valence-corrected chi connectivity index (χ0v) is 12.6. The third kappa shape index (κ3) is 2.18. The molecule has 2 bridgehead atoms. The highest BCUT2D eigenvalue weighted by Gasteiger charge is 2.51. The summed E-state index contributed by atoms with van der Waals surface area (Å²) in [6, 6.07) is 0.576. The summed E-state index contributed by atoms with van der Waals surface area (Å²) in [5, 5.41) is 3.13. The number of nitrogens with zero attached hydrogens (tertiary/aromatic N) is 4. The van der Waals surface area contributed by atoms with Crippen molar-refractivity contribution >= 4 is 12.0 Å². The van der Waals surface area contributed by atoms with Crippen molar-refractivity contribution in [3.63, 3.8) is 0 Å². The fourth-order valence-electron chi connectivity index (χ4n) is 3.63. The molecule has 1 aromatic rings. The number of aryl methyl sites for hydroxylation is 2. The van der Waals surface area contributed by atoms with E-state index in [9.17, 15) is 0 Å². The van der Waals surface area contributed by atoms with Gasteiger partial charge in [-0.3, -0.25) is 10.2 Å². The quantitative estimate of drug-likeness (QED) is 0.845. The monoisotopic (exact) mass is 287 g/mol. The van der Waals surface area contributed by atoms with E-state index in [1.807, 2.05) is 20.0 Å². The Kier molecular flexibility index (Phi) is 2.89. The number of nitrogens with one attached hydrogen (secondary N) is 1. The molecule has 3 saturated heterocycles. The maximum Gasteiger partial charge on any atom is 0.292 e. The molecule has 4 aliphatic heterocycles. The van der Waals surface area contributed by atoms with Crippen LogP contribution in [0.1, 0.15) is 24.1 Å². The van der Waals surface area contributed by atoms with Gasteiger partial charge in [0.05, 0.1) is 6.54 Å². The second-order valence-corrected chi connectivity index (χ2v) is 6.43. The molecule has 0 aromatic carbocycles. The van der Waals surface area contributed by atoms with E-state index in [0.29, 0.717) is 17.9 Å². The van der Waals surface area contributed by atoms with Crippen LogP contribution in [0.2, 0.25) is 0 Å². The first-order valence-corrected chi connectivity index (χ1v) is 7.68. The third-order valence-corrected chi connectivity index (χ3v) is 5.06. The van der Waals surface area contributed by atoms with Crippen LogP contribution in [0.15, 0.2) is 11.2 Å². The van der Waals surface area contributed by atoms with Crippen LogP contribution in [0.5, 0.6) is 0 Å². The first kappa shape index (κ1) is 13.0. The summed E-state index contributed by atoms with van der Waals surface area (Å²) in [5.41, 5.74) is 1.95. The van der Waals surface area contributed by atoms with Crippen LogP contribution < -0.4 is 5.32 Å². The summed E-state index contributed by atoms with van der Waals surface area (Å²) in [5.74, 6) is 1.20. The van der Waals surface area contributed by atoms with Gasteiger partial charge in [0.25, 0.3) is 6.02 Å². The predicted molar refractivity (Wildman–Crippen MR) is 80.4 cm³/mol. The number of rotatable bonds is 1. The molecule has 6 heteroatoms. The first-order chi connectivity index (χ1) is 10.1. The van der Waals surface area contributed by atoms with Gasteiger partial charge in [0.1, 0.15) is 5.60 Å². The number of hydrogen-bond acceptors (Lipinski definition) is 6. The third-order valence-electron chi connectivity index (χ3n) is 5.06. The number of fused-ring (bicyclic) bond motifs is 2. The van der Waals surface area contributed by atoms with E-state index in [2.05, 4.69) is 25.2 Å². The van der Waals surface area contributed by atoms with Gasteiger partial charge in [0, 0.05) is 24.4 Å². The first-order valence-electron chi connectivity index (χ1n) is 7.68. The van der Waals surface area contributed by atoms with Crippen molar-refractivity contribution in [3.05, 3.63) is 17.5 Å². The zero-order valence-electron chi connectivity index (χ0n) is 12.6. The molecule has 0 radical (unpaired) electrons. The minimum atomic E-state index is -0.113. The second kappa shape index (κ2) is 4.66.